The molecule has 4 heteroatoms. The highest BCUT2D eigenvalue weighted by molar-refractivity contribution is 5.79. The lowest BCUT2D eigenvalue weighted by molar-refractivity contribution is 0.186. The fraction of sp³-hybridized carbons (Fsp3) is 0.917. The molecular formula is C12H25N3O. The fourth-order valence-corrected chi connectivity index (χ4v) is 1.87. The van der Waals surface area contributed by atoms with Gasteiger partial charge in [0.1, 0.15) is 0 Å². The van der Waals surface area contributed by atoms with Gasteiger partial charge in [0.25, 0.3) is 0 Å². The van der Waals surface area contributed by atoms with Crippen molar-refractivity contribution in [1.82, 2.24) is 10.2 Å². The van der Waals surface area contributed by atoms with Crippen molar-refractivity contribution in [3.63, 3.8) is 0 Å². The summed E-state index contributed by atoms with van der Waals surface area (Å²) < 4.78 is 5.35. The molecule has 1 N–H and O–H groups in total. The van der Waals surface area contributed by atoms with E-state index in [0.29, 0.717) is 5.92 Å². The number of nitrogens with zero attached hydrogens (tertiary/aromatic N) is 2. The van der Waals surface area contributed by atoms with E-state index in [1.807, 2.05) is 7.05 Å². The minimum absolute atomic E-state index is 0.649. The zero-order valence-electron chi connectivity index (χ0n) is 10.8. The number of rotatable bonds is 5. The van der Waals surface area contributed by atoms with E-state index < -0.39 is 0 Å². The van der Waals surface area contributed by atoms with Gasteiger partial charge in [0.15, 0.2) is 5.96 Å². The van der Waals surface area contributed by atoms with Crippen molar-refractivity contribution in [2.24, 2.45) is 10.9 Å². The molecule has 1 fully saturated rings. The Balaban J connectivity index is 2.25. The zero-order chi connectivity index (χ0) is 11.8. The van der Waals surface area contributed by atoms with Gasteiger partial charge in [0.05, 0.1) is 6.61 Å². The molecule has 0 aliphatic carbocycles. The quantitative estimate of drug-likeness (QED) is 0.569. The van der Waals surface area contributed by atoms with E-state index in [9.17, 15) is 0 Å². The van der Waals surface area contributed by atoms with Crippen LogP contribution in [-0.2, 0) is 4.74 Å². The normalized spacial score (nSPS) is 21.2. The van der Waals surface area contributed by atoms with Crippen LogP contribution in [-0.4, -0.2) is 51.3 Å². The van der Waals surface area contributed by atoms with E-state index >= 15 is 0 Å². The van der Waals surface area contributed by atoms with Gasteiger partial charge >= 0.3 is 0 Å². The Hall–Kier alpha value is -0.770. The van der Waals surface area contributed by atoms with Crippen LogP contribution in [0.15, 0.2) is 4.99 Å². The van der Waals surface area contributed by atoms with Crippen LogP contribution in [0.1, 0.15) is 26.2 Å². The van der Waals surface area contributed by atoms with E-state index in [1.165, 1.54) is 19.3 Å². The third kappa shape index (κ3) is 4.39. The number of guanidine groups is 1. The number of hydrogen-bond donors (Lipinski definition) is 1. The molecule has 94 valence electrons. The Bertz CT molecular complexity index is 212. The van der Waals surface area contributed by atoms with Crippen molar-refractivity contribution < 1.29 is 4.74 Å². The number of hydrogen-bond acceptors (Lipinski definition) is 2. The molecule has 0 saturated carbocycles. The van der Waals surface area contributed by atoms with E-state index in [2.05, 4.69) is 29.2 Å². The first kappa shape index (κ1) is 13.3. The smallest absolute Gasteiger partial charge is 0.193 e. The molecule has 1 rings (SSSR count). The summed E-state index contributed by atoms with van der Waals surface area (Å²) in [5, 5.41) is 3.42. The number of nitrogens with one attached hydrogen (secondary N) is 1. The lowest BCUT2D eigenvalue weighted by Crippen LogP contribution is -2.41. The average Bonchev–Trinajstić information content (AvgIpc) is 2.80. The molecule has 0 spiro atoms. The van der Waals surface area contributed by atoms with Crippen LogP contribution in [0, 0.1) is 5.92 Å². The maximum Gasteiger partial charge on any atom is 0.193 e. The molecule has 16 heavy (non-hydrogen) atoms. The molecule has 0 aromatic heterocycles. The minimum Gasteiger partial charge on any atom is -0.381 e. The van der Waals surface area contributed by atoms with Crippen molar-refractivity contribution in [3.05, 3.63) is 0 Å². The summed E-state index contributed by atoms with van der Waals surface area (Å²) in [6.45, 7) is 6.06. The summed E-state index contributed by atoms with van der Waals surface area (Å²) in [5.41, 5.74) is 0. The van der Waals surface area contributed by atoms with Crippen LogP contribution >= 0.6 is 0 Å². The Kier molecular flexibility index (Phi) is 6.23. The van der Waals surface area contributed by atoms with Crippen LogP contribution in [0.2, 0.25) is 0 Å². The molecule has 0 aromatic rings. The second-order valence-corrected chi connectivity index (χ2v) is 4.43. The Morgan fingerprint density at radius 1 is 1.56 bits per heavy atom. The first-order chi connectivity index (χ1) is 7.77. The topological polar surface area (TPSA) is 36.9 Å². The highest BCUT2D eigenvalue weighted by Gasteiger charge is 2.16. The van der Waals surface area contributed by atoms with Gasteiger partial charge in [-0.2, -0.15) is 0 Å². The molecule has 0 aromatic carbocycles. The molecule has 4 nitrogen and oxygen atoms in total. The van der Waals surface area contributed by atoms with Gasteiger partial charge < -0.3 is 15.0 Å². The molecule has 1 heterocycles. The largest absolute Gasteiger partial charge is 0.381 e. The summed E-state index contributed by atoms with van der Waals surface area (Å²) in [4.78, 5) is 6.49. The predicted molar refractivity (Wildman–Crippen MR) is 67.8 cm³/mol. The Morgan fingerprint density at radius 2 is 2.38 bits per heavy atom. The van der Waals surface area contributed by atoms with E-state index in [-0.39, 0.29) is 0 Å². The summed E-state index contributed by atoms with van der Waals surface area (Å²) >= 11 is 0. The van der Waals surface area contributed by atoms with Gasteiger partial charge in [-0.05, 0) is 12.8 Å². The molecule has 1 unspecified atom stereocenters. The number of ether oxygens (including phenoxy) is 1. The third-order valence-electron chi connectivity index (χ3n) is 2.99. The lowest BCUT2D eigenvalue weighted by Gasteiger charge is -2.22. The van der Waals surface area contributed by atoms with Gasteiger partial charge in [-0.1, -0.05) is 13.3 Å². The molecule has 0 amide bonds. The van der Waals surface area contributed by atoms with E-state index in [1.54, 1.807) is 0 Å². The summed E-state index contributed by atoms with van der Waals surface area (Å²) in [6, 6.07) is 0. The molecule has 1 saturated heterocycles. The first-order valence-corrected chi connectivity index (χ1v) is 6.27. The van der Waals surface area contributed by atoms with Gasteiger partial charge in [0, 0.05) is 39.7 Å². The molecule has 1 aliphatic rings. The standard InChI is InChI=1S/C12H25N3O/c1-4-5-7-15(3)12(13-2)14-9-11-6-8-16-10-11/h11H,4-10H2,1-3H3,(H,13,14). The van der Waals surface area contributed by atoms with Gasteiger partial charge in [-0.15, -0.1) is 0 Å². The summed E-state index contributed by atoms with van der Waals surface area (Å²) in [7, 11) is 3.94. The number of aliphatic imine (C=N–C) groups is 1. The summed E-state index contributed by atoms with van der Waals surface area (Å²) in [5.74, 6) is 1.65. The maximum atomic E-state index is 5.35. The van der Waals surface area contributed by atoms with Gasteiger partial charge in [-0.3, -0.25) is 4.99 Å². The Labute approximate surface area is 99.1 Å². The van der Waals surface area contributed by atoms with Crippen LogP contribution in [0.3, 0.4) is 0 Å². The second kappa shape index (κ2) is 7.49. The van der Waals surface area contributed by atoms with Gasteiger partial charge in [0.2, 0.25) is 0 Å². The van der Waals surface area contributed by atoms with Crippen molar-refractivity contribution in [3.8, 4) is 0 Å². The average molecular weight is 227 g/mol. The minimum atomic E-state index is 0.649. The molecule has 0 radical (unpaired) electrons. The van der Waals surface area contributed by atoms with E-state index in [4.69, 9.17) is 4.74 Å². The monoisotopic (exact) mass is 227 g/mol. The van der Waals surface area contributed by atoms with Crippen LogP contribution in [0.5, 0.6) is 0 Å². The molecule has 1 aliphatic heterocycles. The Morgan fingerprint density at radius 3 is 2.94 bits per heavy atom. The van der Waals surface area contributed by atoms with Crippen LogP contribution in [0.4, 0.5) is 0 Å². The van der Waals surface area contributed by atoms with Crippen molar-refractivity contribution in [2.45, 2.75) is 26.2 Å². The van der Waals surface area contributed by atoms with E-state index in [0.717, 1.165) is 32.3 Å². The van der Waals surface area contributed by atoms with Crippen molar-refractivity contribution >= 4 is 5.96 Å². The van der Waals surface area contributed by atoms with Gasteiger partial charge in [-0.25, -0.2) is 0 Å². The number of unbranched alkanes of at least 4 members (excludes halogenated alkanes) is 1. The molecule has 0 bridgehead atoms. The maximum absolute atomic E-state index is 5.35. The van der Waals surface area contributed by atoms with Crippen molar-refractivity contribution in [1.29, 1.82) is 0 Å². The summed E-state index contributed by atoms with van der Waals surface area (Å²) in [6.07, 6.45) is 3.60. The van der Waals surface area contributed by atoms with Crippen LogP contribution in [0.25, 0.3) is 0 Å². The highest BCUT2D eigenvalue weighted by Crippen LogP contribution is 2.10. The second-order valence-electron chi connectivity index (χ2n) is 4.43. The third-order valence-corrected chi connectivity index (χ3v) is 2.99. The fourth-order valence-electron chi connectivity index (χ4n) is 1.87. The molecule has 1 atom stereocenters. The first-order valence-electron chi connectivity index (χ1n) is 6.27. The molecular weight excluding hydrogens is 202 g/mol. The SMILES string of the molecule is CCCCN(C)C(=NC)NCC1CCOC1. The highest BCUT2D eigenvalue weighted by atomic mass is 16.5. The predicted octanol–water partition coefficient (Wildman–Crippen LogP) is 1.33. The van der Waals surface area contributed by atoms with Crippen molar-refractivity contribution in [2.75, 3.05) is 40.4 Å². The zero-order valence-corrected chi connectivity index (χ0v) is 10.8. The van der Waals surface area contributed by atoms with Crippen LogP contribution < -0.4 is 5.32 Å². The lowest BCUT2D eigenvalue weighted by atomic mass is 10.1.